The molecule has 0 bridgehead atoms. The first-order valence-electron chi connectivity index (χ1n) is 7.38. The minimum atomic E-state index is 0.338. The SMILES string of the molecule is CCCCCCCCCCOC1C=CC=CC1. The summed E-state index contributed by atoms with van der Waals surface area (Å²) in [6.07, 6.45) is 20.8. The Bertz CT molecular complexity index is 218. The van der Waals surface area contributed by atoms with Crippen LogP contribution in [0, 0.1) is 0 Å². The van der Waals surface area contributed by atoms with Gasteiger partial charge in [-0.3, -0.25) is 0 Å². The highest BCUT2D eigenvalue weighted by Gasteiger charge is 2.03. The van der Waals surface area contributed by atoms with E-state index >= 15 is 0 Å². The fourth-order valence-corrected chi connectivity index (χ4v) is 2.15. The molecule has 0 aromatic rings. The van der Waals surface area contributed by atoms with Gasteiger partial charge >= 0.3 is 0 Å². The van der Waals surface area contributed by atoms with Crippen molar-refractivity contribution in [2.45, 2.75) is 70.8 Å². The van der Waals surface area contributed by atoms with Gasteiger partial charge < -0.3 is 4.74 Å². The number of allylic oxidation sites excluding steroid dienone is 2. The van der Waals surface area contributed by atoms with Crippen LogP contribution in [0.4, 0.5) is 0 Å². The highest BCUT2D eigenvalue weighted by molar-refractivity contribution is 5.11. The Kier molecular flexibility index (Phi) is 9.03. The van der Waals surface area contributed by atoms with Gasteiger partial charge in [0.25, 0.3) is 0 Å². The van der Waals surface area contributed by atoms with Crippen LogP contribution in [-0.2, 0) is 4.74 Å². The van der Waals surface area contributed by atoms with Gasteiger partial charge in [0.05, 0.1) is 6.10 Å². The first-order valence-corrected chi connectivity index (χ1v) is 7.38. The van der Waals surface area contributed by atoms with Crippen LogP contribution < -0.4 is 0 Å². The van der Waals surface area contributed by atoms with Gasteiger partial charge in [0.15, 0.2) is 0 Å². The van der Waals surface area contributed by atoms with E-state index in [0.29, 0.717) is 6.10 Å². The zero-order valence-electron chi connectivity index (χ0n) is 11.4. The van der Waals surface area contributed by atoms with Crippen LogP contribution in [0.5, 0.6) is 0 Å². The molecule has 0 fully saturated rings. The summed E-state index contributed by atoms with van der Waals surface area (Å²) in [4.78, 5) is 0. The van der Waals surface area contributed by atoms with Gasteiger partial charge in [0.1, 0.15) is 0 Å². The zero-order chi connectivity index (χ0) is 12.2. The maximum Gasteiger partial charge on any atom is 0.0793 e. The Morgan fingerprint density at radius 3 is 2.29 bits per heavy atom. The Labute approximate surface area is 107 Å². The maximum atomic E-state index is 5.79. The van der Waals surface area contributed by atoms with Crippen LogP contribution >= 0.6 is 0 Å². The molecule has 0 aromatic heterocycles. The van der Waals surface area contributed by atoms with Crippen molar-refractivity contribution in [3.8, 4) is 0 Å². The third kappa shape index (κ3) is 8.20. The summed E-state index contributed by atoms with van der Waals surface area (Å²) in [6.45, 7) is 3.20. The molecular weight excluding hydrogens is 208 g/mol. The van der Waals surface area contributed by atoms with Crippen molar-refractivity contribution < 1.29 is 4.74 Å². The van der Waals surface area contributed by atoms with Gasteiger partial charge in [0.2, 0.25) is 0 Å². The Morgan fingerprint density at radius 2 is 1.65 bits per heavy atom. The van der Waals surface area contributed by atoms with Crippen LogP contribution in [0.1, 0.15) is 64.7 Å². The van der Waals surface area contributed by atoms with E-state index in [2.05, 4.69) is 31.2 Å². The average molecular weight is 236 g/mol. The summed E-state index contributed by atoms with van der Waals surface area (Å²) < 4.78 is 5.79. The van der Waals surface area contributed by atoms with Crippen molar-refractivity contribution in [3.63, 3.8) is 0 Å². The highest BCUT2D eigenvalue weighted by Crippen LogP contribution is 2.11. The number of rotatable bonds is 10. The normalized spacial score (nSPS) is 18.8. The van der Waals surface area contributed by atoms with E-state index in [1.54, 1.807) is 0 Å². The van der Waals surface area contributed by atoms with E-state index in [-0.39, 0.29) is 0 Å². The summed E-state index contributed by atoms with van der Waals surface area (Å²) in [7, 11) is 0. The Hall–Kier alpha value is -0.560. The standard InChI is InChI=1S/C16H28O/c1-2-3-4-5-6-7-8-12-15-17-16-13-10-9-11-14-16/h9-11,13,16H,2-8,12,14-15H2,1H3. The number of ether oxygens (including phenoxy) is 1. The lowest BCUT2D eigenvalue weighted by molar-refractivity contribution is 0.0831. The van der Waals surface area contributed by atoms with E-state index in [9.17, 15) is 0 Å². The quantitative estimate of drug-likeness (QED) is 0.483. The molecule has 0 saturated heterocycles. The highest BCUT2D eigenvalue weighted by atomic mass is 16.5. The molecule has 0 saturated carbocycles. The topological polar surface area (TPSA) is 9.23 Å². The molecular formula is C16H28O. The molecule has 1 aliphatic rings. The lowest BCUT2D eigenvalue weighted by atomic mass is 10.1. The van der Waals surface area contributed by atoms with Gasteiger partial charge in [-0.15, -0.1) is 0 Å². The third-order valence-electron chi connectivity index (χ3n) is 3.27. The third-order valence-corrected chi connectivity index (χ3v) is 3.27. The largest absolute Gasteiger partial charge is 0.374 e. The first kappa shape index (κ1) is 14.5. The van der Waals surface area contributed by atoms with Gasteiger partial charge in [0, 0.05) is 6.61 Å². The predicted molar refractivity (Wildman–Crippen MR) is 75.2 cm³/mol. The molecule has 0 aromatic carbocycles. The molecule has 1 rings (SSSR count). The molecule has 0 spiro atoms. The first-order chi connectivity index (χ1) is 8.43. The number of hydrogen-bond donors (Lipinski definition) is 0. The molecule has 1 aliphatic carbocycles. The Balaban J connectivity index is 1.78. The van der Waals surface area contributed by atoms with Crippen molar-refractivity contribution in [2.24, 2.45) is 0 Å². The molecule has 1 atom stereocenters. The molecule has 1 unspecified atom stereocenters. The van der Waals surface area contributed by atoms with Crippen molar-refractivity contribution in [3.05, 3.63) is 24.3 Å². The van der Waals surface area contributed by atoms with Crippen molar-refractivity contribution in [1.82, 2.24) is 0 Å². The predicted octanol–water partition coefficient (Wildman–Crippen LogP) is 5.03. The fourth-order valence-electron chi connectivity index (χ4n) is 2.15. The molecule has 0 aliphatic heterocycles. The lowest BCUT2D eigenvalue weighted by Crippen LogP contribution is -2.11. The molecule has 0 N–H and O–H groups in total. The van der Waals surface area contributed by atoms with Gasteiger partial charge in [-0.05, 0) is 12.8 Å². The maximum absolute atomic E-state index is 5.79. The second-order valence-electron chi connectivity index (χ2n) is 4.93. The zero-order valence-corrected chi connectivity index (χ0v) is 11.4. The van der Waals surface area contributed by atoms with Gasteiger partial charge in [-0.25, -0.2) is 0 Å². The second kappa shape index (κ2) is 10.6. The van der Waals surface area contributed by atoms with E-state index in [1.165, 1.54) is 51.4 Å². The fraction of sp³-hybridized carbons (Fsp3) is 0.750. The molecule has 1 heteroatoms. The summed E-state index contributed by atoms with van der Waals surface area (Å²) in [5.74, 6) is 0. The molecule has 17 heavy (non-hydrogen) atoms. The minimum Gasteiger partial charge on any atom is -0.374 e. The van der Waals surface area contributed by atoms with Gasteiger partial charge in [-0.2, -0.15) is 0 Å². The van der Waals surface area contributed by atoms with E-state index in [4.69, 9.17) is 4.74 Å². The van der Waals surface area contributed by atoms with E-state index in [1.807, 2.05) is 0 Å². The smallest absolute Gasteiger partial charge is 0.0793 e. The van der Waals surface area contributed by atoms with E-state index < -0.39 is 0 Å². The Morgan fingerprint density at radius 1 is 0.941 bits per heavy atom. The summed E-state index contributed by atoms with van der Waals surface area (Å²) >= 11 is 0. The van der Waals surface area contributed by atoms with Crippen LogP contribution in [0.2, 0.25) is 0 Å². The molecule has 0 amide bonds. The lowest BCUT2D eigenvalue weighted by Gasteiger charge is -2.13. The number of unbranched alkanes of at least 4 members (excludes halogenated alkanes) is 7. The average Bonchev–Trinajstić information content (AvgIpc) is 2.38. The van der Waals surface area contributed by atoms with Crippen molar-refractivity contribution in [2.75, 3.05) is 6.61 Å². The summed E-state index contributed by atoms with van der Waals surface area (Å²) in [5, 5.41) is 0. The van der Waals surface area contributed by atoms with Crippen LogP contribution in [0.15, 0.2) is 24.3 Å². The minimum absolute atomic E-state index is 0.338. The molecule has 0 heterocycles. The van der Waals surface area contributed by atoms with Crippen LogP contribution in [-0.4, -0.2) is 12.7 Å². The number of hydrogen-bond acceptors (Lipinski definition) is 1. The monoisotopic (exact) mass is 236 g/mol. The molecule has 98 valence electrons. The second-order valence-corrected chi connectivity index (χ2v) is 4.93. The van der Waals surface area contributed by atoms with Crippen molar-refractivity contribution >= 4 is 0 Å². The van der Waals surface area contributed by atoms with Crippen LogP contribution in [0.25, 0.3) is 0 Å². The van der Waals surface area contributed by atoms with Crippen LogP contribution in [0.3, 0.4) is 0 Å². The van der Waals surface area contributed by atoms with E-state index in [0.717, 1.165) is 13.0 Å². The molecule has 1 nitrogen and oxygen atoms in total. The van der Waals surface area contributed by atoms with Gasteiger partial charge in [-0.1, -0.05) is 76.2 Å². The molecule has 0 radical (unpaired) electrons. The summed E-state index contributed by atoms with van der Waals surface area (Å²) in [5.41, 5.74) is 0. The van der Waals surface area contributed by atoms with Crippen molar-refractivity contribution in [1.29, 1.82) is 0 Å². The summed E-state index contributed by atoms with van der Waals surface area (Å²) in [6, 6.07) is 0.